The van der Waals surface area contributed by atoms with Gasteiger partial charge in [-0.2, -0.15) is 0 Å². The summed E-state index contributed by atoms with van der Waals surface area (Å²) in [5, 5.41) is 13.5. The van der Waals surface area contributed by atoms with Crippen molar-refractivity contribution < 1.29 is 18.9 Å². The number of rotatable bonds is 8. The molecule has 1 N–H and O–H groups in total. The van der Waals surface area contributed by atoms with Gasteiger partial charge in [0.05, 0.1) is 4.92 Å². The molecule has 8 heteroatoms. The Morgan fingerprint density at radius 2 is 1.94 bits per heavy atom. The largest absolute Gasteiger partial charge is 0.484 e. The van der Waals surface area contributed by atoms with Gasteiger partial charge in [0, 0.05) is 23.4 Å². The Morgan fingerprint density at radius 3 is 2.67 bits per heavy atom. The Balaban J connectivity index is 1.43. The van der Waals surface area contributed by atoms with Crippen LogP contribution in [0.3, 0.4) is 0 Å². The molecule has 0 unspecified atom stereocenters. The molecule has 8 nitrogen and oxygen atoms in total. The number of non-ortho nitro benzene ring substituents is 1. The van der Waals surface area contributed by atoms with Crippen LogP contribution in [0.25, 0.3) is 22.6 Å². The van der Waals surface area contributed by atoms with Crippen molar-refractivity contribution in [3.63, 3.8) is 0 Å². The molecule has 1 heterocycles. The summed E-state index contributed by atoms with van der Waals surface area (Å²) in [5.74, 6) is 0.930. The molecule has 1 atom stereocenters. The fraction of sp³-hybridized carbons (Fsp3) is 0.200. The minimum atomic E-state index is -0.495. The summed E-state index contributed by atoms with van der Waals surface area (Å²) in [4.78, 5) is 27.1. The first-order chi connectivity index (χ1) is 15.9. The molecule has 168 valence electrons. The van der Waals surface area contributed by atoms with E-state index in [1.54, 1.807) is 12.1 Å². The number of amides is 1. The molecule has 0 aliphatic carbocycles. The predicted molar refractivity (Wildman–Crippen MR) is 125 cm³/mol. The number of nitro groups is 1. The summed E-state index contributed by atoms with van der Waals surface area (Å²) in [6.07, 6.45) is 1.05. The van der Waals surface area contributed by atoms with Gasteiger partial charge in [-0.15, -0.1) is 0 Å². The van der Waals surface area contributed by atoms with E-state index < -0.39 is 4.92 Å². The number of nitro benzene ring substituents is 1. The van der Waals surface area contributed by atoms with Crippen molar-refractivity contribution in [3.05, 3.63) is 82.4 Å². The zero-order chi connectivity index (χ0) is 23.4. The molecule has 0 bridgehead atoms. The average molecular weight is 445 g/mol. The van der Waals surface area contributed by atoms with E-state index in [0.29, 0.717) is 28.8 Å². The van der Waals surface area contributed by atoms with E-state index in [9.17, 15) is 14.9 Å². The van der Waals surface area contributed by atoms with Gasteiger partial charge in [-0.3, -0.25) is 14.9 Å². The third kappa shape index (κ3) is 5.17. The molecule has 0 spiro atoms. The number of hydrogen-bond donors (Lipinski definition) is 1. The monoisotopic (exact) mass is 445 g/mol. The van der Waals surface area contributed by atoms with Crippen molar-refractivity contribution in [1.82, 2.24) is 4.98 Å². The molecule has 0 fully saturated rings. The molecule has 0 saturated heterocycles. The Hall–Kier alpha value is -4.20. The van der Waals surface area contributed by atoms with Gasteiger partial charge in [0.25, 0.3) is 11.6 Å². The van der Waals surface area contributed by atoms with Gasteiger partial charge in [-0.1, -0.05) is 26.0 Å². The quantitative estimate of drug-likeness (QED) is 0.266. The second-order valence-corrected chi connectivity index (χ2v) is 7.72. The standard InChI is InChI=1S/C25H23N3O5/c1-3-16(2)17-7-12-23-22(14-17)27-25(33-23)18-5-4-6-19(13-18)26-24(29)15-32-21-10-8-20(9-11-21)28(30)31/h4-14,16H,3,15H2,1-2H3,(H,26,29)/t16-/m0/s1. The van der Waals surface area contributed by atoms with Crippen LogP contribution in [0.2, 0.25) is 0 Å². The molecule has 0 radical (unpaired) electrons. The first-order valence-corrected chi connectivity index (χ1v) is 10.6. The zero-order valence-corrected chi connectivity index (χ0v) is 18.3. The SMILES string of the molecule is CC[C@H](C)c1ccc2oc(-c3cccc(NC(=O)COc4ccc([N+](=O)[O-])cc4)c3)nc2c1. The molecule has 1 aromatic heterocycles. The third-order valence-corrected chi connectivity index (χ3v) is 5.40. The van der Waals surface area contributed by atoms with Crippen LogP contribution in [0.5, 0.6) is 5.75 Å². The van der Waals surface area contributed by atoms with Crippen molar-refractivity contribution in [2.45, 2.75) is 26.2 Å². The van der Waals surface area contributed by atoms with Gasteiger partial charge >= 0.3 is 0 Å². The predicted octanol–water partition coefficient (Wildman–Crippen LogP) is 5.93. The molecule has 0 saturated carbocycles. The molecule has 33 heavy (non-hydrogen) atoms. The number of carbonyl (C=O) groups excluding carboxylic acids is 1. The number of fused-ring (bicyclic) bond motifs is 1. The number of anilines is 1. The van der Waals surface area contributed by atoms with Gasteiger partial charge in [-0.05, 0) is 60.4 Å². The summed E-state index contributed by atoms with van der Waals surface area (Å²) in [7, 11) is 0. The summed E-state index contributed by atoms with van der Waals surface area (Å²) in [5.41, 5.74) is 4.01. The smallest absolute Gasteiger partial charge is 0.269 e. The number of benzene rings is 3. The minimum absolute atomic E-state index is 0.0427. The highest BCUT2D eigenvalue weighted by atomic mass is 16.6. The van der Waals surface area contributed by atoms with Crippen LogP contribution in [-0.4, -0.2) is 22.4 Å². The summed E-state index contributed by atoms with van der Waals surface area (Å²) < 4.78 is 11.3. The maximum absolute atomic E-state index is 12.3. The highest BCUT2D eigenvalue weighted by molar-refractivity contribution is 5.92. The van der Waals surface area contributed by atoms with Crippen LogP contribution in [-0.2, 0) is 4.79 Å². The highest BCUT2D eigenvalue weighted by Crippen LogP contribution is 2.29. The van der Waals surface area contributed by atoms with Crippen molar-refractivity contribution in [2.24, 2.45) is 0 Å². The number of nitrogens with zero attached hydrogens (tertiary/aromatic N) is 2. The number of carbonyl (C=O) groups is 1. The first kappa shape index (κ1) is 22.0. The lowest BCUT2D eigenvalue weighted by molar-refractivity contribution is -0.384. The number of nitrogens with one attached hydrogen (secondary N) is 1. The van der Waals surface area contributed by atoms with E-state index in [2.05, 4.69) is 36.3 Å². The molecule has 4 rings (SSSR count). The Labute approximate surface area is 190 Å². The third-order valence-electron chi connectivity index (χ3n) is 5.40. The number of ether oxygens (including phenoxy) is 1. The Morgan fingerprint density at radius 1 is 1.15 bits per heavy atom. The summed E-state index contributed by atoms with van der Waals surface area (Å²) in [6, 6.07) is 18.8. The van der Waals surface area contributed by atoms with Crippen LogP contribution in [0.4, 0.5) is 11.4 Å². The van der Waals surface area contributed by atoms with Crippen LogP contribution < -0.4 is 10.1 Å². The number of aromatic nitrogens is 1. The van der Waals surface area contributed by atoms with Gasteiger partial charge < -0.3 is 14.5 Å². The van der Waals surface area contributed by atoms with Crippen molar-refractivity contribution >= 4 is 28.4 Å². The van der Waals surface area contributed by atoms with Gasteiger partial charge in [0.15, 0.2) is 12.2 Å². The summed E-state index contributed by atoms with van der Waals surface area (Å²) >= 11 is 0. The summed E-state index contributed by atoms with van der Waals surface area (Å²) in [6.45, 7) is 4.10. The maximum atomic E-state index is 12.3. The zero-order valence-electron chi connectivity index (χ0n) is 18.3. The Kier molecular flexibility index (Phi) is 6.35. The second-order valence-electron chi connectivity index (χ2n) is 7.72. The van der Waals surface area contributed by atoms with Gasteiger partial charge in [0.1, 0.15) is 11.3 Å². The fourth-order valence-electron chi connectivity index (χ4n) is 3.35. The molecule has 3 aromatic carbocycles. The Bertz CT molecular complexity index is 1300. The number of oxazole rings is 1. The van der Waals surface area contributed by atoms with E-state index in [4.69, 9.17) is 9.15 Å². The van der Waals surface area contributed by atoms with Gasteiger partial charge in [0.2, 0.25) is 5.89 Å². The molecule has 0 aliphatic heterocycles. The highest BCUT2D eigenvalue weighted by Gasteiger charge is 2.12. The first-order valence-electron chi connectivity index (χ1n) is 10.6. The van der Waals surface area contributed by atoms with E-state index in [-0.39, 0.29) is 18.2 Å². The van der Waals surface area contributed by atoms with E-state index in [1.807, 2.05) is 18.2 Å². The van der Waals surface area contributed by atoms with Crippen LogP contribution in [0.15, 0.2) is 71.1 Å². The normalized spacial score (nSPS) is 11.8. The molecular weight excluding hydrogens is 422 g/mol. The minimum Gasteiger partial charge on any atom is -0.484 e. The lowest BCUT2D eigenvalue weighted by Crippen LogP contribution is -2.20. The van der Waals surface area contributed by atoms with Crippen molar-refractivity contribution in [2.75, 3.05) is 11.9 Å². The lowest BCUT2D eigenvalue weighted by atomic mass is 9.98. The van der Waals surface area contributed by atoms with E-state index in [1.165, 1.54) is 29.8 Å². The van der Waals surface area contributed by atoms with Crippen LogP contribution >= 0.6 is 0 Å². The van der Waals surface area contributed by atoms with E-state index >= 15 is 0 Å². The maximum Gasteiger partial charge on any atom is 0.269 e. The second kappa shape index (κ2) is 9.52. The van der Waals surface area contributed by atoms with Crippen LogP contribution in [0, 0.1) is 10.1 Å². The lowest BCUT2D eigenvalue weighted by Gasteiger charge is -2.08. The van der Waals surface area contributed by atoms with Crippen LogP contribution in [0.1, 0.15) is 31.7 Å². The fourth-order valence-corrected chi connectivity index (χ4v) is 3.35. The van der Waals surface area contributed by atoms with Gasteiger partial charge in [-0.25, -0.2) is 4.98 Å². The average Bonchev–Trinajstić information content (AvgIpc) is 3.26. The van der Waals surface area contributed by atoms with Crippen molar-refractivity contribution in [1.29, 1.82) is 0 Å². The molecular formula is C25H23N3O5. The number of hydrogen-bond acceptors (Lipinski definition) is 6. The molecule has 1 amide bonds. The van der Waals surface area contributed by atoms with Crippen molar-refractivity contribution in [3.8, 4) is 17.2 Å². The molecule has 0 aliphatic rings. The van der Waals surface area contributed by atoms with E-state index in [0.717, 1.165) is 17.5 Å². The topological polar surface area (TPSA) is 108 Å². The molecule has 4 aromatic rings.